The molecule has 7 heteroatoms. The Balaban J connectivity index is 1.56. The highest BCUT2D eigenvalue weighted by Crippen LogP contribution is 2.24. The van der Waals surface area contributed by atoms with Gasteiger partial charge in [-0.05, 0) is 36.6 Å². The minimum atomic E-state index is -0.436. The van der Waals surface area contributed by atoms with Crippen LogP contribution in [0.15, 0.2) is 59.0 Å². The molecule has 1 fully saturated rings. The molecule has 2 heterocycles. The summed E-state index contributed by atoms with van der Waals surface area (Å²) in [5.74, 6) is 0.835. The topological polar surface area (TPSA) is 80.5 Å². The fraction of sp³-hybridized carbons (Fsp3) is 0.375. The first-order chi connectivity index (χ1) is 15.2. The summed E-state index contributed by atoms with van der Waals surface area (Å²) in [5, 5.41) is 11.7. The van der Waals surface area contributed by atoms with Crippen molar-refractivity contribution in [2.75, 3.05) is 25.1 Å². The van der Waals surface area contributed by atoms with Gasteiger partial charge in [0.15, 0.2) is 0 Å². The summed E-state index contributed by atoms with van der Waals surface area (Å²) >= 11 is 0. The molecule has 1 saturated heterocycles. The number of nitrogens with one attached hydrogen (secondary N) is 1. The molecule has 31 heavy (non-hydrogen) atoms. The second kappa shape index (κ2) is 10.1. The predicted octanol–water partition coefficient (Wildman–Crippen LogP) is 4.17. The quantitative estimate of drug-likeness (QED) is 0.618. The van der Waals surface area contributed by atoms with Gasteiger partial charge in [-0.2, -0.15) is 0 Å². The van der Waals surface area contributed by atoms with Crippen molar-refractivity contribution < 1.29 is 13.9 Å². The lowest BCUT2D eigenvalue weighted by Crippen LogP contribution is -2.30. The second-order valence-corrected chi connectivity index (χ2v) is 7.77. The van der Waals surface area contributed by atoms with Gasteiger partial charge in [-0.15, -0.1) is 5.10 Å². The van der Waals surface area contributed by atoms with Crippen molar-refractivity contribution in [3.05, 3.63) is 71.6 Å². The molecule has 0 spiro atoms. The molecule has 1 atom stereocenters. The summed E-state index contributed by atoms with van der Waals surface area (Å²) in [4.78, 5) is 15.1. The summed E-state index contributed by atoms with van der Waals surface area (Å²) in [6.07, 6.45) is 5.25. The van der Waals surface area contributed by atoms with Gasteiger partial charge in [0.25, 0.3) is 5.91 Å². The molecular formula is C24H28N4O3. The number of amides is 1. The van der Waals surface area contributed by atoms with E-state index in [1.165, 1.54) is 12.8 Å². The third-order valence-electron chi connectivity index (χ3n) is 5.52. The number of ether oxygens (including phenoxy) is 1. The van der Waals surface area contributed by atoms with Gasteiger partial charge in [-0.25, -0.2) is 0 Å². The summed E-state index contributed by atoms with van der Waals surface area (Å²) in [6, 6.07) is 17.2. The van der Waals surface area contributed by atoms with Crippen LogP contribution in [0.5, 0.6) is 5.75 Å². The minimum absolute atomic E-state index is 0.214. The van der Waals surface area contributed by atoms with E-state index in [-0.39, 0.29) is 5.91 Å². The highest BCUT2D eigenvalue weighted by Gasteiger charge is 2.24. The van der Waals surface area contributed by atoms with Gasteiger partial charge in [0.05, 0.1) is 7.11 Å². The summed E-state index contributed by atoms with van der Waals surface area (Å²) in [5.41, 5.74) is 1.60. The SMILES string of the molecule is COc1cccc(C(=O)NC(Cc2ccccc2)c2nnc(N3CCCCCC3)o2)c1. The Morgan fingerprint density at radius 1 is 1.06 bits per heavy atom. The molecule has 7 nitrogen and oxygen atoms in total. The number of anilines is 1. The number of carbonyl (C=O) groups excluding carboxylic acids is 1. The molecule has 4 rings (SSSR count). The van der Waals surface area contributed by atoms with Gasteiger partial charge in [-0.1, -0.05) is 54.3 Å². The average molecular weight is 421 g/mol. The molecule has 162 valence electrons. The fourth-order valence-corrected chi connectivity index (χ4v) is 3.81. The molecule has 1 aliphatic heterocycles. The second-order valence-electron chi connectivity index (χ2n) is 7.77. The number of nitrogens with zero attached hydrogens (tertiary/aromatic N) is 3. The zero-order valence-corrected chi connectivity index (χ0v) is 17.8. The van der Waals surface area contributed by atoms with E-state index in [9.17, 15) is 4.79 Å². The van der Waals surface area contributed by atoms with Gasteiger partial charge >= 0.3 is 6.01 Å². The number of rotatable bonds is 7. The minimum Gasteiger partial charge on any atom is -0.497 e. The van der Waals surface area contributed by atoms with Crippen LogP contribution in [0.4, 0.5) is 6.01 Å². The Morgan fingerprint density at radius 3 is 2.58 bits per heavy atom. The van der Waals surface area contributed by atoms with Crippen LogP contribution in [0.25, 0.3) is 0 Å². The van der Waals surface area contributed by atoms with Crippen molar-refractivity contribution in [1.29, 1.82) is 0 Å². The number of hydrogen-bond acceptors (Lipinski definition) is 6. The highest BCUT2D eigenvalue weighted by molar-refractivity contribution is 5.94. The third kappa shape index (κ3) is 5.42. The molecule has 3 aromatic rings. The molecule has 0 aliphatic carbocycles. The zero-order valence-electron chi connectivity index (χ0n) is 17.8. The predicted molar refractivity (Wildman–Crippen MR) is 118 cm³/mol. The van der Waals surface area contributed by atoms with Crippen molar-refractivity contribution in [1.82, 2.24) is 15.5 Å². The van der Waals surface area contributed by atoms with Crippen molar-refractivity contribution in [2.24, 2.45) is 0 Å². The largest absolute Gasteiger partial charge is 0.497 e. The number of aromatic nitrogens is 2. The maximum atomic E-state index is 13.0. The number of methoxy groups -OCH3 is 1. The fourth-order valence-electron chi connectivity index (χ4n) is 3.81. The van der Waals surface area contributed by atoms with Crippen LogP contribution >= 0.6 is 0 Å². The summed E-state index contributed by atoms with van der Waals surface area (Å²) in [7, 11) is 1.58. The number of benzene rings is 2. The van der Waals surface area contributed by atoms with Crippen LogP contribution in [-0.4, -0.2) is 36.3 Å². The van der Waals surface area contributed by atoms with E-state index in [2.05, 4.69) is 20.4 Å². The van der Waals surface area contributed by atoms with Crippen LogP contribution in [-0.2, 0) is 6.42 Å². The normalized spacial score (nSPS) is 15.2. The van der Waals surface area contributed by atoms with Crippen molar-refractivity contribution >= 4 is 11.9 Å². The van der Waals surface area contributed by atoms with Gasteiger partial charge in [0.1, 0.15) is 11.8 Å². The smallest absolute Gasteiger partial charge is 0.318 e. The summed E-state index contributed by atoms with van der Waals surface area (Å²) < 4.78 is 11.3. The van der Waals surface area contributed by atoms with E-state index < -0.39 is 6.04 Å². The molecule has 1 aliphatic rings. The maximum Gasteiger partial charge on any atom is 0.318 e. The van der Waals surface area contributed by atoms with E-state index in [0.29, 0.717) is 29.6 Å². The van der Waals surface area contributed by atoms with Crippen LogP contribution in [0.1, 0.15) is 53.5 Å². The average Bonchev–Trinajstić information content (AvgIpc) is 3.14. The van der Waals surface area contributed by atoms with E-state index in [4.69, 9.17) is 9.15 Å². The van der Waals surface area contributed by atoms with Crippen LogP contribution in [0.2, 0.25) is 0 Å². The molecule has 2 aromatic carbocycles. The highest BCUT2D eigenvalue weighted by atomic mass is 16.5. The molecule has 1 aromatic heterocycles. The first-order valence-electron chi connectivity index (χ1n) is 10.8. The van der Waals surface area contributed by atoms with Gasteiger partial charge < -0.3 is 19.4 Å². The molecule has 0 radical (unpaired) electrons. The van der Waals surface area contributed by atoms with Crippen LogP contribution in [0, 0.1) is 0 Å². The third-order valence-corrected chi connectivity index (χ3v) is 5.52. The Labute approximate surface area is 182 Å². The van der Waals surface area contributed by atoms with Crippen molar-refractivity contribution in [2.45, 2.75) is 38.1 Å². The van der Waals surface area contributed by atoms with Gasteiger partial charge in [-0.3, -0.25) is 4.79 Å². The van der Waals surface area contributed by atoms with Crippen molar-refractivity contribution in [3.63, 3.8) is 0 Å². The Hall–Kier alpha value is -3.35. The monoisotopic (exact) mass is 420 g/mol. The Morgan fingerprint density at radius 2 is 1.84 bits per heavy atom. The molecule has 1 N–H and O–H groups in total. The summed E-state index contributed by atoms with van der Waals surface area (Å²) in [6.45, 7) is 1.84. The van der Waals surface area contributed by atoms with Crippen LogP contribution in [0.3, 0.4) is 0 Å². The molecule has 0 bridgehead atoms. The number of carbonyl (C=O) groups is 1. The van der Waals surface area contributed by atoms with Crippen molar-refractivity contribution in [3.8, 4) is 5.75 Å². The zero-order chi connectivity index (χ0) is 21.5. The lowest BCUT2D eigenvalue weighted by Gasteiger charge is -2.18. The lowest BCUT2D eigenvalue weighted by molar-refractivity contribution is 0.0929. The van der Waals surface area contributed by atoms with Gasteiger partial charge in [0, 0.05) is 25.1 Å². The standard InChI is InChI=1S/C24H28N4O3/c1-30-20-13-9-12-19(17-20)22(29)25-21(16-18-10-5-4-6-11-18)23-26-27-24(31-23)28-14-7-2-3-8-15-28/h4-6,9-13,17,21H,2-3,7-8,14-16H2,1H3,(H,25,29). The lowest BCUT2D eigenvalue weighted by atomic mass is 10.1. The van der Waals surface area contributed by atoms with E-state index in [1.54, 1.807) is 25.3 Å². The Kier molecular flexibility index (Phi) is 6.82. The Bertz CT molecular complexity index is 981. The molecular weight excluding hydrogens is 392 g/mol. The molecule has 1 amide bonds. The van der Waals surface area contributed by atoms with E-state index >= 15 is 0 Å². The van der Waals surface area contributed by atoms with E-state index in [0.717, 1.165) is 31.5 Å². The number of hydrogen-bond donors (Lipinski definition) is 1. The molecule has 1 unspecified atom stereocenters. The first-order valence-corrected chi connectivity index (χ1v) is 10.8. The van der Waals surface area contributed by atoms with E-state index in [1.807, 2.05) is 36.4 Å². The maximum absolute atomic E-state index is 13.0. The van der Waals surface area contributed by atoms with Gasteiger partial charge in [0.2, 0.25) is 5.89 Å². The van der Waals surface area contributed by atoms with Crippen LogP contribution < -0.4 is 15.0 Å². The first kappa shape index (κ1) is 20.9. The molecule has 0 saturated carbocycles.